The summed E-state index contributed by atoms with van der Waals surface area (Å²) >= 11 is 0. The third kappa shape index (κ3) is 2.75. The Morgan fingerprint density at radius 2 is 2.29 bits per heavy atom. The molecule has 1 aliphatic rings. The van der Waals surface area contributed by atoms with Crippen LogP contribution in [-0.2, 0) is 4.74 Å². The van der Waals surface area contributed by atoms with Crippen LogP contribution in [-0.4, -0.2) is 18.8 Å². The zero-order valence-electron chi connectivity index (χ0n) is 9.74. The van der Waals surface area contributed by atoms with E-state index in [9.17, 15) is 4.39 Å². The SMILES string of the molecule is CCOC1CC(Nc2ccc(F)cc2C#N)C1. The Morgan fingerprint density at radius 1 is 1.53 bits per heavy atom. The van der Waals surface area contributed by atoms with Gasteiger partial charge in [-0.3, -0.25) is 0 Å². The number of hydrogen-bond acceptors (Lipinski definition) is 3. The molecule has 3 nitrogen and oxygen atoms in total. The molecule has 0 radical (unpaired) electrons. The van der Waals surface area contributed by atoms with E-state index in [4.69, 9.17) is 10.00 Å². The first-order chi connectivity index (χ1) is 8.22. The van der Waals surface area contributed by atoms with Gasteiger partial charge in [-0.2, -0.15) is 5.26 Å². The second kappa shape index (κ2) is 5.15. The molecular formula is C13H15FN2O. The van der Waals surface area contributed by atoms with E-state index in [1.54, 1.807) is 6.07 Å². The molecule has 1 N–H and O–H groups in total. The average Bonchev–Trinajstić information content (AvgIpc) is 2.28. The number of benzene rings is 1. The lowest BCUT2D eigenvalue weighted by Gasteiger charge is -2.36. The fourth-order valence-electron chi connectivity index (χ4n) is 2.01. The van der Waals surface area contributed by atoms with Crippen molar-refractivity contribution in [2.24, 2.45) is 0 Å². The molecular weight excluding hydrogens is 219 g/mol. The van der Waals surface area contributed by atoms with Crippen LogP contribution in [0.15, 0.2) is 18.2 Å². The maximum Gasteiger partial charge on any atom is 0.124 e. The molecule has 0 heterocycles. The Kier molecular flexibility index (Phi) is 3.60. The number of anilines is 1. The van der Waals surface area contributed by atoms with E-state index in [0.29, 0.717) is 23.4 Å². The van der Waals surface area contributed by atoms with Gasteiger partial charge in [-0.25, -0.2) is 4.39 Å². The quantitative estimate of drug-likeness (QED) is 0.871. The topological polar surface area (TPSA) is 45.0 Å². The zero-order chi connectivity index (χ0) is 12.3. The van der Waals surface area contributed by atoms with Crippen molar-refractivity contribution in [2.45, 2.75) is 31.9 Å². The van der Waals surface area contributed by atoms with E-state index in [-0.39, 0.29) is 5.82 Å². The molecule has 0 atom stereocenters. The summed E-state index contributed by atoms with van der Waals surface area (Å²) < 4.78 is 18.4. The molecule has 1 aliphatic carbocycles. The third-order valence-corrected chi connectivity index (χ3v) is 2.96. The fraction of sp³-hybridized carbons (Fsp3) is 0.462. The lowest BCUT2D eigenvalue weighted by Crippen LogP contribution is -2.40. The first kappa shape index (κ1) is 11.9. The van der Waals surface area contributed by atoms with Gasteiger partial charge < -0.3 is 10.1 Å². The Hall–Kier alpha value is -1.60. The van der Waals surface area contributed by atoms with Crippen molar-refractivity contribution in [1.29, 1.82) is 5.26 Å². The highest BCUT2D eigenvalue weighted by Crippen LogP contribution is 2.28. The summed E-state index contributed by atoms with van der Waals surface area (Å²) in [5, 5.41) is 12.1. The predicted molar refractivity (Wildman–Crippen MR) is 63.2 cm³/mol. The second-order valence-electron chi connectivity index (χ2n) is 4.19. The first-order valence-corrected chi connectivity index (χ1v) is 5.80. The van der Waals surface area contributed by atoms with Crippen molar-refractivity contribution < 1.29 is 9.13 Å². The maximum absolute atomic E-state index is 12.9. The molecule has 1 aromatic carbocycles. The number of halogens is 1. The molecule has 1 saturated carbocycles. The molecule has 0 unspecified atom stereocenters. The number of rotatable bonds is 4. The van der Waals surface area contributed by atoms with Gasteiger partial charge in [0.25, 0.3) is 0 Å². The molecule has 17 heavy (non-hydrogen) atoms. The van der Waals surface area contributed by atoms with E-state index < -0.39 is 0 Å². The van der Waals surface area contributed by atoms with Crippen molar-refractivity contribution in [3.63, 3.8) is 0 Å². The van der Waals surface area contributed by atoms with Gasteiger partial charge in [-0.1, -0.05) is 0 Å². The van der Waals surface area contributed by atoms with E-state index in [1.165, 1.54) is 12.1 Å². The number of nitrogens with zero attached hydrogens (tertiary/aromatic N) is 1. The lowest BCUT2D eigenvalue weighted by atomic mass is 9.89. The van der Waals surface area contributed by atoms with Gasteiger partial charge in [-0.05, 0) is 38.0 Å². The summed E-state index contributed by atoms with van der Waals surface area (Å²) in [5.74, 6) is -0.382. The van der Waals surface area contributed by atoms with Crippen molar-refractivity contribution in [1.82, 2.24) is 0 Å². The average molecular weight is 234 g/mol. The molecule has 0 spiro atoms. The van der Waals surface area contributed by atoms with Gasteiger partial charge in [0.1, 0.15) is 11.9 Å². The number of ether oxygens (including phenoxy) is 1. The Bertz CT molecular complexity index is 436. The molecule has 1 aromatic rings. The molecule has 90 valence electrons. The largest absolute Gasteiger partial charge is 0.381 e. The Labute approximate surface area is 100 Å². The predicted octanol–water partition coefficient (Wildman–Crippen LogP) is 2.68. The Balaban J connectivity index is 1.95. The standard InChI is InChI=1S/C13H15FN2O/c1-2-17-12-6-11(7-12)16-13-4-3-10(14)5-9(13)8-15/h3-5,11-12,16H,2,6-7H2,1H3. The molecule has 0 saturated heterocycles. The summed E-state index contributed by atoms with van der Waals surface area (Å²) in [4.78, 5) is 0. The number of nitrogens with one attached hydrogen (secondary N) is 1. The maximum atomic E-state index is 12.9. The molecule has 1 fully saturated rings. The smallest absolute Gasteiger partial charge is 0.124 e. The van der Waals surface area contributed by atoms with Crippen molar-refractivity contribution >= 4 is 5.69 Å². The molecule has 2 rings (SSSR count). The van der Waals surface area contributed by atoms with Gasteiger partial charge in [0.15, 0.2) is 0 Å². The summed E-state index contributed by atoms with van der Waals surface area (Å²) in [6.07, 6.45) is 2.20. The van der Waals surface area contributed by atoms with Crippen molar-refractivity contribution in [3.05, 3.63) is 29.6 Å². The molecule has 0 amide bonds. The Morgan fingerprint density at radius 3 is 2.94 bits per heavy atom. The van der Waals surface area contributed by atoms with Gasteiger partial charge in [0.05, 0.1) is 17.4 Å². The summed E-state index contributed by atoms with van der Waals surface area (Å²) in [5.41, 5.74) is 1.05. The number of nitriles is 1. The highest BCUT2D eigenvalue weighted by atomic mass is 19.1. The van der Waals surface area contributed by atoms with Gasteiger partial charge >= 0.3 is 0 Å². The monoisotopic (exact) mass is 234 g/mol. The van der Waals surface area contributed by atoms with Crippen LogP contribution in [0.1, 0.15) is 25.3 Å². The van der Waals surface area contributed by atoms with Crippen LogP contribution >= 0.6 is 0 Å². The van der Waals surface area contributed by atoms with Gasteiger partial charge in [-0.15, -0.1) is 0 Å². The van der Waals surface area contributed by atoms with Crippen LogP contribution in [0.4, 0.5) is 10.1 Å². The highest BCUT2D eigenvalue weighted by Gasteiger charge is 2.29. The number of hydrogen-bond donors (Lipinski definition) is 1. The van der Waals surface area contributed by atoms with Crippen LogP contribution < -0.4 is 5.32 Å². The summed E-state index contributed by atoms with van der Waals surface area (Å²) in [7, 11) is 0. The summed E-state index contributed by atoms with van der Waals surface area (Å²) in [6.45, 7) is 2.71. The minimum Gasteiger partial charge on any atom is -0.381 e. The molecule has 0 aliphatic heterocycles. The van der Waals surface area contributed by atoms with Crippen molar-refractivity contribution in [3.8, 4) is 6.07 Å². The molecule has 4 heteroatoms. The van der Waals surface area contributed by atoms with Crippen LogP contribution in [0.5, 0.6) is 0 Å². The van der Waals surface area contributed by atoms with E-state index >= 15 is 0 Å². The minimum absolute atomic E-state index is 0.323. The van der Waals surface area contributed by atoms with E-state index in [0.717, 1.165) is 19.4 Å². The van der Waals surface area contributed by atoms with Crippen LogP contribution in [0, 0.1) is 17.1 Å². The fourth-order valence-corrected chi connectivity index (χ4v) is 2.01. The zero-order valence-corrected chi connectivity index (χ0v) is 9.74. The minimum atomic E-state index is -0.382. The van der Waals surface area contributed by atoms with E-state index in [1.807, 2.05) is 13.0 Å². The van der Waals surface area contributed by atoms with Gasteiger partial charge in [0, 0.05) is 12.6 Å². The second-order valence-corrected chi connectivity index (χ2v) is 4.19. The third-order valence-electron chi connectivity index (χ3n) is 2.96. The normalized spacial score (nSPS) is 22.6. The van der Waals surface area contributed by atoms with E-state index in [2.05, 4.69) is 5.32 Å². The lowest BCUT2D eigenvalue weighted by molar-refractivity contribution is 0.00299. The first-order valence-electron chi connectivity index (χ1n) is 5.80. The highest BCUT2D eigenvalue weighted by molar-refractivity contribution is 5.58. The van der Waals surface area contributed by atoms with Crippen LogP contribution in [0.3, 0.4) is 0 Å². The molecule has 0 aromatic heterocycles. The molecule has 0 bridgehead atoms. The van der Waals surface area contributed by atoms with Crippen LogP contribution in [0.25, 0.3) is 0 Å². The summed E-state index contributed by atoms with van der Waals surface area (Å²) in [6, 6.07) is 6.54. The van der Waals surface area contributed by atoms with Crippen LogP contribution in [0.2, 0.25) is 0 Å². The van der Waals surface area contributed by atoms with Crippen molar-refractivity contribution in [2.75, 3.05) is 11.9 Å². The van der Waals surface area contributed by atoms with Gasteiger partial charge in [0.2, 0.25) is 0 Å².